The zero-order valence-electron chi connectivity index (χ0n) is 11.0. The minimum atomic E-state index is 0.782. The maximum Gasteiger partial charge on any atom is 0.0410 e. The van der Waals surface area contributed by atoms with Crippen LogP contribution in [0.25, 0.3) is 0 Å². The molecule has 0 spiro atoms. The van der Waals surface area contributed by atoms with Gasteiger partial charge in [0.2, 0.25) is 0 Å². The van der Waals surface area contributed by atoms with Crippen LogP contribution in [0.3, 0.4) is 0 Å². The molecule has 0 bridgehead atoms. The van der Waals surface area contributed by atoms with E-state index in [9.17, 15) is 0 Å². The fourth-order valence-electron chi connectivity index (χ4n) is 2.06. The summed E-state index contributed by atoms with van der Waals surface area (Å²) >= 11 is 5.95. The molecular formula is C16H18ClN. The molecule has 0 aliphatic rings. The summed E-state index contributed by atoms with van der Waals surface area (Å²) in [5.74, 6) is 0. The molecule has 0 amide bonds. The molecule has 2 rings (SSSR count). The zero-order chi connectivity index (χ0) is 13.1. The van der Waals surface area contributed by atoms with E-state index < -0.39 is 0 Å². The molecule has 0 saturated heterocycles. The molecule has 0 aromatic heterocycles. The van der Waals surface area contributed by atoms with Gasteiger partial charge in [-0.2, -0.15) is 0 Å². The molecule has 0 saturated carbocycles. The first-order chi connectivity index (χ1) is 8.56. The molecule has 1 nitrogen and oxygen atoms in total. The van der Waals surface area contributed by atoms with Gasteiger partial charge >= 0.3 is 0 Å². The van der Waals surface area contributed by atoms with E-state index >= 15 is 0 Å². The molecule has 0 fully saturated rings. The normalized spacial score (nSPS) is 10.4. The van der Waals surface area contributed by atoms with Crippen LogP contribution in [-0.4, -0.2) is 0 Å². The Bertz CT molecular complexity index is 510. The molecule has 2 aromatic rings. The lowest BCUT2D eigenvalue weighted by Gasteiger charge is -2.12. The lowest BCUT2D eigenvalue weighted by Crippen LogP contribution is -2.02. The zero-order valence-corrected chi connectivity index (χ0v) is 11.8. The quantitative estimate of drug-likeness (QED) is 0.829. The topological polar surface area (TPSA) is 12.0 Å². The minimum Gasteiger partial charge on any atom is -0.381 e. The first-order valence-electron chi connectivity index (χ1n) is 6.12. The van der Waals surface area contributed by atoms with Crippen LogP contribution in [0.15, 0.2) is 36.4 Å². The first-order valence-corrected chi connectivity index (χ1v) is 6.50. The first kappa shape index (κ1) is 13.0. The Kier molecular flexibility index (Phi) is 3.93. The number of halogens is 1. The van der Waals surface area contributed by atoms with Crippen molar-refractivity contribution in [2.75, 3.05) is 5.32 Å². The number of rotatable bonds is 3. The second-order valence-electron chi connectivity index (χ2n) is 4.74. The maximum absolute atomic E-state index is 5.95. The van der Waals surface area contributed by atoms with Gasteiger partial charge in [-0.15, -0.1) is 0 Å². The fraction of sp³-hybridized carbons (Fsp3) is 0.250. The van der Waals surface area contributed by atoms with Gasteiger partial charge in [0.25, 0.3) is 0 Å². The number of anilines is 1. The van der Waals surface area contributed by atoms with E-state index in [-0.39, 0.29) is 0 Å². The standard InChI is InChI=1S/C16H18ClN/c1-11-4-5-14(12(2)8-11)10-18-16-7-6-15(17)9-13(16)3/h4-9,18H,10H2,1-3H3. The highest BCUT2D eigenvalue weighted by Gasteiger charge is 2.01. The van der Waals surface area contributed by atoms with Crippen molar-refractivity contribution in [1.29, 1.82) is 0 Å². The summed E-state index contributed by atoms with van der Waals surface area (Å²) in [4.78, 5) is 0. The molecule has 0 aliphatic carbocycles. The van der Waals surface area contributed by atoms with Crippen molar-refractivity contribution in [1.82, 2.24) is 0 Å². The Morgan fingerprint density at radius 2 is 1.72 bits per heavy atom. The van der Waals surface area contributed by atoms with Crippen LogP contribution in [-0.2, 0) is 6.54 Å². The van der Waals surface area contributed by atoms with Crippen LogP contribution in [0.2, 0.25) is 5.02 Å². The average Bonchev–Trinajstić information content (AvgIpc) is 2.30. The number of aryl methyl sites for hydroxylation is 3. The molecule has 1 N–H and O–H groups in total. The summed E-state index contributed by atoms with van der Waals surface area (Å²) in [5, 5.41) is 4.24. The number of hydrogen-bond acceptors (Lipinski definition) is 1. The van der Waals surface area contributed by atoms with Gasteiger partial charge in [0, 0.05) is 17.3 Å². The highest BCUT2D eigenvalue weighted by molar-refractivity contribution is 6.30. The van der Waals surface area contributed by atoms with Gasteiger partial charge in [-0.1, -0.05) is 35.4 Å². The molecule has 0 aliphatic heterocycles. The Morgan fingerprint density at radius 3 is 2.39 bits per heavy atom. The molecular weight excluding hydrogens is 242 g/mol. The highest BCUT2D eigenvalue weighted by atomic mass is 35.5. The summed E-state index contributed by atoms with van der Waals surface area (Å²) in [6.07, 6.45) is 0. The second kappa shape index (κ2) is 5.45. The van der Waals surface area contributed by atoms with Crippen molar-refractivity contribution >= 4 is 17.3 Å². The molecule has 0 radical (unpaired) electrons. The van der Waals surface area contributed by atoms with Gasteiger partial charge in [-0.25, -0.2) is 0 Å². The van der Waals surface area contributed by atoms with Gasteiger partial charge < -0.3 is 5.32 Å². The third kappa shape index (κ3) is 3.05. The van der Waals surface area contributed by atoms with E-state index in [2.05, 4.69) is 44.3 Å². The largest absolute Gasteiger partial charge is 0.381 e. The molecule has 2 heteroatoms. The monoisotopic (exact) mass is 259 g/mol. The summed E-state index contributed by atoms with van der Waals surface area (Å²) in [7, 11) is 0. The van der Waals surface area contributed by atoms with Crippen LogP contribution < -0.4 is 5.32 Å². The molecule has 0 unspecified atom stereocenters. The van der Waals surface area contributed by atoms with Crippen molar-refractivity contribution < 1.29 is 0 Å². The number of nitrogens with one attached hydrogen (secondary N) is 1. The van der Waals surface area contributed by atoms with Crippen molar-refractivity contribution in [2.45, 2.75) is 27.3 Å². The Hall–Kier alpha value is -1.47. The maximum atomic E-state index is 5.95. The fourth-order valence-corrected chi connectivity index (χ4v) is 2.29. The highest BCUT2D eigenvalue weighted by Crippen LogP contribution is 2.21. The molecule has 0 atom stereocenters. The molecule has 2 aromatic carbocycles. The van der Waals surface area contributed by atoms with Crippen LogP contribution in [0.5, 0.6) is 0 Å². The van der Waals surface area contributed by atoms with E-state index in [1.54, 1.807) is 0 Å². The number of hydrogen-bond donors (Lipinski definition) is 1. The summed E-state index contributed by atoms with van der Waals surface area (Å²) < 4.78 is 0. The Balaban J connectivity index is 2.11. The van der Waals surface area contributed by atoms with Crippen molar-refractivity contribution in [2.24, 2.45) is 0 Å². The van der Waals surface area contributed by atoms with Crippen LogP contribution in [0.4, 0.5) is 5.69 Å². The van der Waals surface area contributed by atoms with Crippen LogP contribution >= 0.6 is 11.6 Å². The van der Waals surface area contributed by atoms with E-state index in [0.717, 1.165) is 17.3 Å². The number of benzene rings is 2. The lowest BCUT2D eigenvalue weighted by molar-refractivity contribution is 1.11. The second-order valence-corrected chi connectivity index (χ2v) is 5.18. The summed E-state index contributed by atoms with van der Waals surface area (Å²) in [5.41, 5.74) is 6.27. The van der Waals surface area contributed by atoms with Crippen LogP contribution in [0, 0.1) is 20.8 Å². The Morgan fingerprint density at radius 1 is 0.944 bits per heavy atom. The van der Waals surface area contributed by atoms with Gasteiger partial charge in [0.1, 0.15) is 0 Å². The van der Waals surface area contributed by atoms with Gasteiger partial charge in [-0.05, 0) is 55.7 Å². The average molecular weight is 260 g/mol. The molecule has 94 valence electrons. The predicted octanol–water partition coefficient (Wildman–Crippen LogP) is 4.88. The lowest BCUT2D eigenvalue weighted by atomic mass is 10.1. The summed E-state index contributed by atoms with van der Waals surface area (Å²) in [6.45, 7) is 7.18. The minimum absolute atomic E-state index is 0.782. The third-order valence-electron chi connectivity index (χ3n) is 3.16. The van der Waals surface area contributed by atoms with E-state index in [1.165, 1.54) is 22.3 Å². The predicted molar refractivity (Wildman–Crippen MR) is 79.4 cm³/mol. The van der Waals surface area contributed by atoms with E-state index in [4.69, 9.17) is 11.6 Å². The Labute approximate surface area is 114 Å². The van der Waals surface area contributed by atoms with Gasteiger partial charge in [0.15, 0.2) is 0 Å². The van der Waals surface area contributed by atoms with E-state index in [0.29, 0.717) is 0 Å². The molecule has 18 heavy (non-hydrogen) atoms. The third-order valence-corrected chi connectivity index (χ3v) is 3.39. The molecule has 0 heterocycles. The van der Waals surface area contributed by atoms with Crippen molar-refractivity contribution in [3.8, 4) is 0 Å². The summed E-state index contributed by atoms with van der Waals surface area (Å²) in [6, 6.07) is 12.5. The van der Waals surface area contributed by atoms with Crippen molar-refractivity contribution in [3.05, 3.63) is 63.7 Å². The van der Waals surface area contributed by atoms with Crippen molar-refractivity contribution in [3.63, 3.8) is 0 Å². The van der Waals surface area contributed by atoms with Crippen LogP contribution in [0.1, 0.15) is 22.3 Å². The SMILES string of the molecule is Cc1ccc(CNc2ccc(Cl)cc2C)c(C)c1. The van der Waals surface area contributed by atoms with E-state index in [1.807, 2.05) is 18.2 Å². The van der Waals surface area contributed by atoms with Gasteiger partial charge in [-0.3, -0.25) is 0 Å². The van der Waals surface area contributed by atoms with Gasteiger partial charge in [0.05, 0.1) is 0 Å². The smallest absolute Gasteiger partial charge is 0.0410 e.